The Hall–Kier alpha value is -1.22. The fourth-order valence-electron chi connectivity index (χ4n) is 1.47. The lowest BCUT2D eigenvalue weighted by molar-refractivity contribution is 0.0688. The highest BCUT2D eigenvalue weighted by molar-refractivity contribution is 5.40. The third kappa shape index (κ3) is 1.68. The maximum absolute atomic E-state index is 5.80. The second kappa shape index (κ2) is 3.88. The molecular formula is C11H15NO2. The molecule has 2 rings (SSSR count). The van der Waals surface area contributed by atoms with E-state index in [2.05, 4.69) is 12.2 Å². The Balaban J connectivity index is 2.13. The van der Waals surface area contributed by atoms with Gasteiger partial charge in [0.2, 0.25) is 0 Å². The summed E-state index contributed by atoms with van der Waals surface area (Å²) in [5.41, 5.74) is 0. The summed E-state index contributed by atoms with van der Waals surface area (Å²) in [7, 11) is 1.93. The molecule has 0 aliphatic carbocycles. The maximum atomic E-state index is 5.80. The van der Waals surface area contributed by atoms with Gasteiger partial charge in [-0.25, -0.2) is 0 Å². The SMILES string of the molecule is CN[C@@H](C)[C@@H]1COc2ccccc2O1. The second-order valence-corrected chi connectivity index (χ2v) is 3.49. The minimum Gasteiger partial charge on any atom is -0.486 e. The van der Waals surface area contributed by atoms with Crippen LogP contribution in [0.3, 0.4) is 0 Å². The van der Waals surface area contributed by atoms with Gasteiger partial charge in [0.05, 0.1) is 0 Å². The first kappa shape index (κ1) is 9.34. The van der Waals surface area contributed by atoms with Crippen LogP contribution in [0.15, 0.2) is 24.3 Å². The van der Waals surface area contributed by atoms with Gasteiger partial charge < -0.3 is 14.8 Å². The van der Waals surface area contributed by atoms with Crippen molar-refractivity contribution in [2.45, 2.75) is 19.1 Å². The Morgan fingerprint density at radius 3 is 2.79 bits per heavy atom. The second-order valence-electron chi connectivity index (χ2n) is 3.49. The maximum Gasteiger partial charge on any atom is 0.161 e. The van der Waals surface area contributed by atoms with Crippen LogP contribution in [0.25, 0.3) is 0 Å². The Labute approximate surface area is 84.0 Å². The standard InChI is InChI=1S/C11H15NO2/c1-8(12-2)11-7-13-9-5-3-4-6-10(9)14-11/h3-6,8,11-12H,7H2,1-2H3/t8-,11-/m0/s1. The van der Waals surface area contributed by atoms with Crippen molar-refractivity contribution >= 4 is 0 Å². The van der Waals surface area contributed by atoms with E-state index in [0.29, 0.717) is 12.6 Å². The van der Waals surface area contributed by atoms with E-state index in [-0.39, 0.29) is 6.10 Å². The third-order valence-electron chi connectivity index (χ3n) is 2.54. The van der Waals surface area contributed by atoms with Crippen LogP contribution in [0.1, 0.15) is 6.92 Å². The van der Waals surface area contributed by atoms with Crippen LogP contribution in [0, 0.1) is 0 Å². The number of rotatable bonds is 2. The van der Waals surface area contributed by atoms with Crippen LogP contribution >= 0.6 is 0 Å². The highest BCUT2D eigenvalue weighted by Gasteiger charge is 2.24. The monoisotopic (exact) mass is 193 g/mol. The van der Waals surface area contributed by atoms with E-state index in [1.807, 2.05) is 31.3 Å². The number of fused-ring (bicyclic) bond motifs is 1. The highest BCUT2D eigenvalue weighted by Crippen LogP contribution is 2.31. The summed E-state index contributed by atoms with van der Waals surface area (Å²) in [5.74, 6) is 1.68. The molecule has 0 aromatic heterocycles. The van der Waals surface area contributed by atoms with Crippen molar-refractivity contribution in [3.63, 3.8) is 0 Å². The van der Waals surface area contributed by atoms with Gasteiger partial charge in [0.1, 0.15) is 12.7 Å². The number of ether oxygens (including phenoxy) is 2. The molecule has 14 heavy (non-hydrogen) atoms. The molecule has 0 spiro atoms. The van der Waals surface area contributed by atoms with Gasteiger partial charge in [0, 0.05) is 6.04 Å². The molecule has 1 aromatic carbocycles. The average molecular weight is 193 g/mol. The molecule has 3 nitrogen and oxygen atoms in total. The number of benzene rings is 1. The minimum atomic E-state index is 0.0925. The summed E-state index contributed by atoms with van der Waals surface area (Å²) in [6.45, 7) is 2.70. The molecule has 1 aliphatic rings. The van der Waals surface area contributed by atoms with Crippen molar-refractivity contribution in [2.75, 3.05) is 13.7 Å². The average Bonchev–Trinajstić information content (AvgIpc) is 2.27. The topological polar surface area (TPSA) is 30.5 Å². The molecule has 1 heterocycles. The molecule has 2 atom stereocenters. The van der Waals surface area contributed by atoms with E-state index >= 15 is 0 Å². The molecule has 0 saturated carbocycles. The number of nitrogens with one attached hydrogen (secondary N) is 1. The first-order valence-electron chi connectivity index (χ1n) is 4.87. The zero-order valence-electron chi connectivity index (χ0n) is 8.49. The molecule has 76 valence electrons. The van der Waals surface area contributed by atoms with Crippen molar-refractivity contribution < 1.29 is 9.47 Å². The van der Waals surface area contributed by atoms with Gasteiger partial charge in [-0.2, -0.15) is 0 Å². The van der Waals surface area contributed by atoms with Crippen molar-refractivity contribution in [1.82, 2.24) is 5.32 Å². The van der Waals surface area contributed by atoms with E-state index in [9.17, 15) is 0 Å². The van der Waals surface area contributed by atoms with Crippen LogP contribution < -0.4 is 14.8 Å². The molecular weight excluding hydrogens is 178 g/mol. The van der Waals surface area contributed by atoms with Crippen LogP contribution in [-0.4, -0.2) is 25.8 Å². The number of para-hydroxylation sites is 2. The van der Waals surface area contributed by atoms with Gasteiger partial charge in [-0.05, 0) is 26.1 Å². The summed E-state index contributed by atoms with van der Waals surface area (Å²) in [6, 6.07) is 8.06. The molecule has 0 bridgehead atoms. The van der Waals surface area contributed by atoms with Gasteiger partial charge in [0.15, 0.2) is 11.5 Å². The fraction of sp³-hybridized carbons (Fsp3) is 0.455. The van der Waals surface area contributed by atoms with Gasteiger partial charge in [-0.3, -0.25) is 0 Å². The van der Waals surface area contributed by atoms with Crippen molar-refractivity contribution in [3.8, 4) is 11.5 Å². The minimum absolute atomic E-state index is 0.0925. The Morgan fingerprint density at radius 2 is 2.07 bits per heavy atom. The van der Waals surface area contributed by atoms with Crippen LogP contribution in [-0.2, 0) is 0 Å². The Bertz CT molecular complexity index is 314. The van der Waals surface area contributed by atoms with E-state index in [4.69, 9.17) is 9.47 Å². The normalized spacial score (nSPS) is 21.7. The molecule has 0 saturated heterocycles. The van der Waals surface area contributed by atoms with Crippen LogP contribution in [0.4, 0.5) is 0 Å². The Kier molecular flexibility index (Phi) is 2.59. The molecule has 0 radical (unpaired) electrons. The smallest absolute Gasteiger partial charge is 0.161 e. The van der Waals surface area contributed by atoms with Gasteiger partial charge >= 0.3 is 0 Å². The molecule has 1 aliphatic heterocycles. The fourth-order valence-corrected chi connectivity index (χ4v) is 1.47. The summed E-state index contributed by atoms with van der Waals surface area (Å²) >= 11 is 0. The molecule has 0 amide bonds. The lowest BCUT2D eigenvalue weighted by Crippen LogP contribution is -2.44. The molecule has 0 unspecified atom stereocenters. The summed E-state index contributed by atoms with van der Waals surface area (Å²) in [5, 5.41) is 3.16. The van der Waals surface area contributed by atoms with Gasteiger partial charge in [0.25, 0.3) is 0 Å². The molecule has 0 fully saturated rings. The quantitative estimate of drug-likeness (QED) is 0.770. The van der Waals surface area contributed by atoms with E-state index in [1.165, 1.54) is 0 Å². The molecule has 1 N–H and O–H groups in total. The zero-order chi connectivity index (χ0) is 9.97. The van der Waals surface area contributed by atoms with E-state index in [1.54, 1.807) is 0 Å². The number of likely N-dealkylation sites (N-methyl/N-ethyl adjacent to an activating group) is 1. The summed E-state index contributed by atoms with van der Waals surface area (Å²) in [6.07, 6.45) is 0.0925. The molecule has 1 aromatic rings. The van der Waals surface area contributed by atoms with Crippen LogP contribution in [0.5, 0.6) is 11.5 Å². The number of hydrogen-bond acceptors (Lipinski definition) is 3. The predicted molar refractivity (Wildman–Crippen MR) is 54.9 cm³/mol. The predicted octanol–water partition coefficient (Wildman–Crippen LogP) is 1.43. The van der Waals surface area contributed by atoms with Crippen molar-refractivity contribution in [2.24, 2.45) is 0 Å². The largest absolute Gasteiger partial charge is 0.486 e. The molecule has 3 heteroatoms. The van der Waals surface area contributed by atoms with Crippen molar-refractivity contribution in [1.29, 1.82) is 0 Å². The summed E-state index contributed by atoms with van der Waals surface area (Å²) < 4.78 is 11.4. The summed E-state index contributed by atoms with van der Waals surface area (Å²) in [4.78, 5) is 0. The van der Waals surface area contributed by atoms with Crippen LogP contribution in [0.2, 0.25) is 0 Å². The van der Waals surface area contributed by atoms with Crippen molar-refractivity contribution in [3.05, 3.63) is 24.3 Å². The Morgan fingerprint density at radius 1 is 1.36 bits per heavy atom. The zero-order valence-corrected chi connectivity index (χ0v) is 8.49. The van der Waals surface area contributed by atoms with E-state index < -0.39 is 0 Å². The first-order chi connectivity index (χ1) is 6.81. The van der Waals surface area contributed by atoms with E-state index in [0.717, 1.165) is 11.5 Å². The van der Waals surface area contributed by atoms with Gasteiger partial charge in [-0.15, -0.1) is 0 Å². The highest BCUT2D eigenvalue weighted by atomic mass is 16.6. The lowest BCUT2D eigenvalue weighted by atomic mass is 10.2. The van der Waals surface area contributed by atoms with Gasteiger partial charge in [-0.1, -0.05) is 12.1 Å². The first-order valence-corrected chi connectivity index (χ1v) is 4.87. The third-order valence-corrected chi connectivity index (χ3v) is 2.54. The number of hydrogen-bond donors (Lipinski definition) is 1. The lowest BCUT2D eigenvalue weighted by Gasteiger charge is -2.30.